The number of aryl methyl sites for hydroxylation is 1. The van der Waals surface area contributed by atoms with Crippen molar-refractivity contribution in [2.45, 2.75) is 12.8 Å². The molecule has 0 fully saturated rings. The number of benzene rings is 2. The number of nitrogens with two attached hydrogens (primary N) is 1. The summed E-state index contributed by atoms with van der Waals surface area (Å²) in [7, 11) is 0. The standard InChI is InChI=1S/C16H17N3O/c17-13-8-9-14-15(11-13)20-16(19-14)18-10-4-7-12-5-2-1-3-6-12/h1-3,5-6,8-9,11H,4,7,10,17H2,(H,18,19). The van der Waals surface area contributed by atoms with Crippen LogP contribution in [-0.4, -0.2) is 11.5 Å². The third-order valence-electron chi connectivity index (χ3n) is 3.17. The Labute approximate surface area is 117 Å². The van der Waals surface area contributed by atoms with E-state index in [1.54, 1.807) is 6.07 Å². The molecule has 1 heterocycles. The molecule has 0 amide bonds. The number of nitrogens with one attached hydrogen (secondary N) is 1. The Balaban J connectivity index is 1.55. The molecule has 3 rings (SSSR count). The van der Waals surface area contributed by atoms with E-state index in [4.69, 9.17) is 10.2 Å². The second-order valence-corrected chi connectivity index (χ2v) is 4.76. The van der Waals surface area contributed by atoms with Crippen LogP contribution in [-0.2, 0) is 6.42 Å². The lowest BCUT2D eigenvalue weighted by Crippen LogP contribution is -2.02. The van der Waals surface area contributed by atoms with E-state index < -0.39 is 0 Å². The third kappa shape index (κ3) is 2.91. The summed E-state index contributed by atoms with van der Waals surface area (Å²) in [6.07, 6.45) is 2.08. The maximum absolute atomic E-state index is 5.71. The first-order valence-corrected chi connectivity index (χ1v) is 6.75. The summed E-state index contributed by atoms with van der Waals surface area (Å²) in [6.45, 7) is 0.831. The van der Waals surface area contributed by atoms with Crippen LogP contribution in [0.1, 0.15) is 12.0 Å². The molecule has 4 heteroatoms. The Hall–Kier alpha value is -2.49. The van der Waals surface area contributed by atoms with Gasteiger partial charge in [0.25, 0.3) is 6.01 Å². The highest BCUT2D eigenvalue weighted by atomic mass is 16.4. The normalized spacial score (nSPS) is 10.8. The fraction of sp³-hybridized carbons (Fsp3) is 0.188. The van der Waals surface area contributed by atoms with Crippen molar-refractivity contribution in [2.24, 2.45) is 0 Å². The molecule has 0 aliphatic carbocycles. The zero-order chi connectivity index (χ0) is 13.8. The van der Waals surface area contributed by atoms with Crippen molar-refractivity contribution in [3.05, 3.63) is 54.1 Å². The summed E-state index contributed by atoms with van der Waals surface area (Å²) in [5, 5.41) is 3.21. The molecule has 0 unspecified atom stereocenters. The van der Waals surface area contributed by atoms with Crippen LogP contribution >= 0.6 is 0 Å². The zero-order valence-corrected chi connectivity index (χ0v) is 11.2. The maximum Gasteiger partial charge on any atom is 0.295 e. The van der Waals surface area contributed by atoms with Crippen LogP contribution in [0.3, 0.4) is 0 Å². The van der Waals surface area contributed by atoms with E-state index in [2.05, 4.69) is 34.6 Å². The fourth-order valence-corrected chi connectivity index (χ4v) is 2.15. The number of nitrogen functional groups attached to an aromatic ring is 1. The lowest BCUT2D eigenvalue weighted by Gasteiger charge is -2.02. The number of fused-ring (bicyclic) bond motifs is 1. The van der Waals surface area contributed by atoms with Gasteiger partial charge >= 0.3 is 0 Å². The lowest BCUT2D eigenvalue weighted by molar-refractivity contribution is 0.612. The smallest absolute Gasteiger partial charge is 0.295 e. The van der Waals surface area contributed by atoms with Gasteiger partial charge in [0.2, 0.25) is 0 Å². The van der Waals surface area contributed by atoms with Crippen molar-refractivity contribution in [1.82, 2.24) is 4.98 Å². The van der Waals surface area contributed by atoms with E-state index in [9.17, 15) is 0 Å². The number of rotatable bonds is 5. The number of hydrogen-bond donors (Lipinski definition) is 2. The topological polar surface area (TPSA) is 64.1 Å². The predicted molar refractivity (Wildman–Crippen MR) is 81.7 cm³/mol. The predicted octanol–water partition coefficient (Wildman–Crippen LogP) is 3.45. The molecule has 4 nitrogen and oxygen atoms in total. The van der Waals surface area contributed by atoms with Crippen LogP contribution in [0.15, 0.2) is 52.9 Å². The summed E-state index contributed by atoms with van der Waals surface area (Å²) in [6, 6.07) is 16.5. The van der Waals surface area contributed by atoms with E-state index in [0.717, 1.165) is 30.5 Å². The van der Waals surface area contributed by atoms with Gasteiger partial charge in [0, 0.05) is 18.3 Å². The minimum Gasteiger partial charge on any atom is -0.423 e. The quantitative estimate of drug-likeness (QED) is 0.549. The van der Waals surface area contributed by atoms with Crippen LogP contribution in [0.2, 0.25) is 0 Å². The lowest BCUT2D eigenvalue weighted by atomic mass is 10.1. The Morgan fingerprint density at radius 3 is 2.80 bits per heavy atom. The van der Waals surface area contributed by atoms with Crippen molar-refractivity contribution in [3.8, 4) is 0 Å². The van der Waals surface area contributed by atoms with Gasteiger partial charge in [-0.15, -0.1) is 0 Å². The van der Waals surface area contributed by atoms with Crippen molar-refractivity contribution in [3.63, 3.8) is 0 Å². The second kappa shape index (κ2) is 5.65. The van der Waals surface area contributed by atoms with Crippen molar-refractivity contribution < 1.29 is 4.42 Å². The molecular weight excluding hydrogens is 250 g/mol. The number of hydrogen-bond acceptors (Lipinski definition) is 4. The first-order chi connectivity index (χ1) is 9.81. The van der Waals surface area contributed by atoms with Crippen molar-refractivity contribution >= 4 is 22.8 Å². The van der Waals surface area contributed by atoms with Gasteiger partial charge in [0.05, 0.1) is 0 Å². The monoisotopic (exact) mass is 267 g/mol. The minimum absolute atomic E-state index is 0.554. The van der Waals surface area contributed by atoms with E-state index in [-0.39, 0.29) is 0 Å². The first kappa shape index (κ1) is 12.5. The Kier molecular flexibility index (Phi) is 3.54. The zero-order valence-electron chi connectivity index (χ0n) is 11.2. The number of anilines is 2. The van der Waals surface area contributed by atoms with E-state index >= 15 is 0 Å². The number of oxazole rings is 1. The van der Waals surface area contributed by atoms with Gasteiger partial charge in [0.1, 0.15) is 5.52 Å². The van der Waals surface area contributed by atoms with Gasteiger partial charge in [-0.25, -0.2) is 0 Å². The maximum atomic E-state index is 5.71. The minimum atomic E-state index is 0.554. The second-order valence-electron chi connectivity index (χ2n) is 4.76. The van der Waals surface area contributed by atoms with Crippen LogP contribution in [0.5, 0.6) is 0 Å². The molecular formula is C16H17N3O. The Morgan fingerprint density at radius 2 is 1.95 bits per heavy atom. The SMILES string of the molecule is Nc1ccc2nc(NCCCc3ccccc3)oc2c1. The van der Waals surface area contributed by atoms with Crippen LogP contribution in [0.25, 0.3) is 11.1 Å². The van der Waals surface area contributed by atoms with Gasteiger partial charge in [-0.05, 0) is 30.5 Å². The van der Waals surface area contributed by atoms with Gasteiger partial charge in [-0.3, -0.25) is 0 Å². The summed E-state index contributed by atoms with van der Waals surface area (Å²) in [5.74, 6) is 0. The largest absolute Gasteiger partial charge is 0.423 e. The average Bonchev–Trinajstić information content (AvgIpc) is 2.86. The van der Waals surface area contributed by atoms with E-state index in [1.165, 1.54) is 5.56 Å². The molecule has 0 saturated carbocycles. The number of aromatic nitrogens is 1. The molecule has 0 bridgehead atoms. The summed E-state index contributed by atoms with van der Waals surface area (Å²) < 4.78 is 5.60. The molecule has 2 aromatic carbocycles. The fourth-order valence-electron chi connectivity index (χ4n) is 2.15. The van der Waals surface area contributed by atoms with Gasteiger partial charge in [-0.1, -0.05) is 30.3 Å². The molecule has 20 heavy (non-hydrogen) atoms. The van der Waals surface area contributed by atoms with Crippen molar-refractivity contribution in [2.75, 3.05) is 17.6 Å². The highest BCUT2D eigenvalue weighted by molar-refractivity contribution is 5.78. The van der Waals surface area contributed by atoms with Crippen LogP contribution in [0.4, 0.5) is 11.7 Å². The molecule has 0 spiro atoms. The highest BCUT2D eigenvalue weighted by Gasteiger charge is 2.04. The summed E-state index contributed by atoms with van der Waals surface area (Å²) in [4.78, 5) is 4.37. The molecule has 102 valence electrons. The molecule has 1 aromatic heterocycles. The van der Waals surface area contributed by atoms with E-state index in [1.807, 2.05) is 18.2 Å². The molecule has 0 atom stereocenters. The Morgan fingerprint density at radius 1 is 1.10 bits per heavy atom. The first-order valence-electron chi connectivity index (χ1n) is 6.75. The van der Waals surface area contributed by atoms with Gasteiger partial charge in [0.15, 0.2) is 5.58 Å². The van der Waals surface area contributed by atoms with Gasteiger partial charge < -0.3 is 15.5 Å². The summed E-state index contributed by atoms with van der Waals surface area (Å²) in [5.41, 5.74) is 9.28. The summed E-state index contributed by atoms with van der Waals surface area (Å²) >= 11 is 0. The Bertz CT molecular complexity index is 691. The molecule has 0 aliphatic heterocycles. The van der Waals surface area contributed by atoms with Crippen LogP contribution < -0.4 is 11.1 Å². The van der Waals surface area contributed by atoms with Crippen LogP contribution in [0, 0.1) is 0 Å². The van der Waals surface area contributed by atoms with Gasteiger partial charge in [-0.2, -0.15) is 4.98 Å². The third-order valence-corrected chi connectivity index (χ3v) is 3.17. The molecule has 3 N–H and O–H groups in total. The van der Waals surface area contributed by atoms with Crippen molar-refractivity contribution in [1.29, 1.82) is 0 Å². The van der Waals surface area contributed by atoms with E-state index in [0.29, 0.717) is 11.7 Å². The molecule has 0 saturated heterocycles. The molecule has 0 aliphatic rings. The molecule has 3 aromatic rings. The average molecular weight is 267 g/mol. The molecule has 0 radical (unpaired) electrons. The highest BCUT2D eigenvalue weighted by Crippen LogP contribution is 2.21. The number of nitrogens with zero attached hydrogens (tertiary/aromatic N) is 1.